The fraction of sp³-hybridized carbons (Fsp3) is 0.105. The molecule has 143 valence electrons. The van der Waals surface area contributed by atoms with Gasteiger partial charge in [-0.2, -0.15) is 13.2 Å². The van der Waals surface area contributed by atoms with Crippen molar-refractivity contribution in [1.29, 1.82) is 0 Å². The molecule has 1 N–H and O–H groups in total. The quantitative estimate of drug-likeness (QED) is 0.471. The first-order chi connectivity index (χ1) is 12.3. The van der Waals surface area contributed by atoms with Crippen molar-refractivity contribution in [3.8, 4) is 11.3 Å². The molecule has 0 atom stereocenters. The molecule has 0 aliphatic heterocycles. The minimum absolute atomic E-state index is 0. The number of aromatic carboxylic acids is 1. The molecule has 3 aromatic rings. The summed E-state index contributed by atoms with van der Waals surface area (Å²) in [4.78, 5) is 17.7. The molecule has 0 bridgehead atoms. The monoisotopic (exact) mass is 552 g/mol. The van der Waals surface area contributed by atoms with Crippen molar-refractivity contribution < 1.29 is 43.2 Å². The molecule has 2 heterocycles. The van der Waals surface area contributed by atoms with E-state index in [9.17, 15) is 18.0 Å². The number of nitrogens with zero attached hydrogens (tertiary/aromatic N) is 2. The van der Waals surface area contributed by atoms with Crippen molar-refractivity contribution >= 4 is 5.97 Å². The van der Waals surface area contributed by atoms with Gasteiger partial charge in [-0.25, -0.2) is 9.78 Å². The van der Waals surface area contributed by atoms with E-state index in [-0.39, 0.29) is 25.8 Å². The second-order valence-electron chi connectivity index (χ2n) is 5.22. The van der Waals surface area contributed by atoms with E-state index < -0.39 is 17.7 Å². The maximum Gasteiger partial charge on any atom is 0.399 e. The van der Waals surface area contributed by atoms with Gasteiger partial charge in [0.1, 0.15) is 5.69 Å². The average Bonchev–Trinajstić information content (AvgIpc) is 2.62. The van der Waals surface area contributed by atoms with Crippen LogP contribution in [-0.4, -0.2) is 21.0 Å². The van der Waals surface area contributed by atoms with E-state index in [2.05, 4.69) is 16.0 Å². The summed E-state index contributed by atoms with van der Waals surface area (Å²) in [6.07, 6.45) is -1.39. The molecule has 4 nitrogen and oxygen atoms in total. The van der Waals surface area contributed by atoms with Gasteiger partial charge in [0.05, 0.1) is 0 Å². The predicted octanol–water partition coefficient (Wildman–Crippen LogP) is 4.65. The van der Waals surface area contributed by atoms with Crippen LogP contribution in [-0.2, 0) is 26.3 Å². The van der Waals surface area contributed by atoms with Gasteiger partial charge in [-0.1, -0.05) is 25.1 Å². The molecular weight excluding hydrogens is 537 g/mol. The number of hydrogen-bond donors (Lipinski definition) is 1. The Kier molecular flexibility index (Phi) is 8.28. The van der Waals surface area contributed by atoms with Gasteiger partial charge in [-0.05, 0) is 29.5 Å². The SMILES string of the molecule is Cc1cc(-c2ccccn2)[c-]c(C(F)(F)F)c1.O=C(O)c1ccccn1.[Ir]. The molecule has 0 unspecified atom stereocenters. The Hall–Kier alpha value is -2.57. The van der Waals surface area contributed by atoms with E-state index >= 15 is 0 Å². The summed E-state index contributed by atoms with van der Waals surface area (Å²) in [5.41, 5.74) is 0.701. The number of aromatic nitrogens is 2. The van der Waals surface area contributed by atoms with Crippen LogP contribution >= 0.6 is 0 Å². The molecule has 1 radical (unpaired) electrons. The number of carbonyl (C=O) groups is 1. The van der Waals surface area contributed by atoms with E-state index in [1.54, 1.807) is 49.5 Å². The van der Waals surface area contributed by atoms with E-state index in [1.165, 1.54) is 12.3 Å². The Balaban J connectivity index is 0.000000310. The second-order valence-corrected chi connectivity index (χ2v) is 5.22. The van der Waals surface area contributed by atoms with Crippen molar-refractivity contribution in [1.82, 2.24) is 9.97 Å². The van der Waals surface area contributed by atoms with Gasteiger partial charge in [0.25, 0.3) is 0 Å². The molecule has 0 spiro atoms. The summed E-state index contributed by atoms with van der Waals surface area (Å²) in [5, 5.41) is 8.32. The molecule has 0 saturated carbocycles. The van der Waals surface area contributed by atoms with Crippen molar-refractivity contribution in [2.45, 2.75) is 13.1 Å². The first-order valence-electron chi connectivity index (χ1n) is 7.44. The predicted molar refractivity (Wildman–Crippen MR) is 89.4 cm³/mol. The van der Waals surface area contributed by atoms with Gasteiger partial charge in [-0.15, -0.1) is 29.3 Å². The standard InChI is InChI=1S/C13H9F3N.C6H5NO2.Ir/c1-9-6-10(12-4-2-3-5-17-12)8-11(7-9)13(14,15)16;8-6(9)5-3-1-2-4-7-5;/h2-7H,1H3;1-4H,(H,8,9);/q-1;;. The van der Waals surface area contributed by atoms with Crippen LogP contribution in [0.5, 0.6) is 0 Å². The second kappa shape index (κ2) is 9.94. The number of pyridine rings is 2. The maximum atomic E-state index is 12.6. The molecule has 0 aliphatic rings. The van der Waals surface area contributed by atoms with Crippen molar-refractivity contribution in [2.24, 2.45) is 0 Å². The third kappa shape index (κ3) is 6.92. The van der Waals surface area contributed by atoms with Crippen molar-refractivity contribution in [2.75, 3.05) is 0 Å². The maximum absolute atomic E-state index is 12.6. The average molecular weight is 552 g/mol. The number of halogens is 3. The Morgan fingerprint density at radius 3 is 2.11 bits per heavy atom. The van der Waals surface area contributed by atoms with E-state index in [1.807, 2.05) is 0 Å². The Morgan fingerprint density at radius 2 is 1.67 bits per heavy atom. The summed E-state index contributed by atoms with van der Waals surface area (Å²) in [7, 11) is 0. The summed E-state index contributed by atoms with van der Waals surface area (Å²) >= 11 is 0. The number of benzene rings is 1. The van der Waals surface area contributed by atoms with Crippen LogP contribution in [0, 0.1) is 13.0 Å². The van der Waals surface area contributed by atoms with Crippen molar-refractivity contribution in [3.63, 3.8) is 0 Å². The summed E-state index contributed by atoms with van der Waals surface area (Å²) < 4.78 is 37.8. The molecular formula is C19H14F3IrN2O2-. The first-order valence-corrected chi connectivity index (χ1v) is 7.44. The van der Waals surface area contributed by atoms with E-state index in [0.717, 1.165) is 6.07 Å². The largest absolute Gasteiger partial charge is 0.477 e. The zero-order valence-corrected chi connectivity index (χ0v) is 16.4. The van der Waals surface area contributed by atoms with Crippen LogP contribution in [0.2, 0.25) is 0 Å². The molecule has 1 aromatic carbocycles. The zero-order chi connectivity index (χ0) is 19.2. The minimum Gasteiger partial charge on any atom is -0.477 e. The Bertz CT molecular complexity index is 873. The number of hydrogen-bond acceptors (Lipinski definition) is 3. The van der Waals surface area contributed by atoms with Gasteiger partial charge in [0, 0.05) is 32.5 Å². The number of carboxylic acids is 1. The van der Waals surface area contributed by atoms with Crippen LogP contribution in [0.1, 0.15) is 21.6 Å². The minimum atomic E-state index is -4.38. The third-order valence-electron chi connectivity index (χ3n) is 3.14. The summed E-state index contributed by atoms with van der Waals surface area (Å²) in [6.45, 7) is 1.62. The number of aryl methyl sites for hydroxylation is 1. The summed E-state index contributed by atoms with van der Waals surface area (Å²) in [6, 6.07) is 14.9. The molecule has 8 heteroatoms. The molecule has 0 saturated heterocycles. The van der Waals surface area contributed by atoms with Gasteiger partial charge < -0.3 is 10.1 Å². The molecule has 0 amide bonds. The molecule has 0 fully saturated rings. The van der Waals surface area contributed by atoms with Crippen molar-refractivity contribution in [3.05, 3.63) is 83.8 Å². The number of rotatable bonds is 2. The Morgan fingerprint density at radius 1 is 1.04 bits per heavy atom. The van der Waals surface area contributed by atoms with Crippen LogP contribution in [0.15, 0.2) is 60.9 Å². The van der Waals surface area contributed by atoms with Crippen LogP contribution in [0.3, 0.4) is 0 Å². The fourth-order valence-corrected chi connectivity index (χ4v) is 2.02. The van der Waals surface area contributed by atoms with Gasteiger partial charge in [-0.3, -0.25) is 0 Å². The topological polar surface area (TPSA) is 63.1 Å². The van der Waals surface area contributed by atoms with Crippen LogP contribution < -0.4 is 0 Å². The Labute approximate surface area is 167 Å². The normalized spacial score (nSPS) is 10.2. The molecule has 27 heavy (non-hydrogen) atoms. The number of alkyl halides is 3. The molecule has 3 rings (SSSR count). The zero-order valence-electron chi connectivity index (χ0n) is 14.0. The van der Waals surface area contributed by atoms with Gasteiger partial charge in [0.15, 0.2) is 0 Å². The number of carboxylic acid groups (broad SMARTS) is 1. The van der Waals surface area contributed by atoms with Crippen LogP contribution in [0.25, 0.3) is 11.3 Å². The van der Waals surface area contributed by atoms with Gasteiger partial charge in [0.2, 0.25) is 0 Å². The summed E-state index contributed by atoms with van der Waals surface area (Å²) in [5.74, 6) is -0.990. The van der Waals surface area contributed by atoms with Crippen LogP contribution in [0.4, 0.5) is 13.2 Å². The van der Waals surface area contributed by atoms with E-state index in [4.69, 9.17) is 5.11 Å². The molecule has 0 aliphatic carbocycles. The van der Waals surface area contributed by atoms with E-state index in [0.29, 0.717) is 16.8 Å². The van der Waals surface area contributed by atoms with Gasteiger partial charge >= 0.3 is 12.1 Å². The first kappa shape index (κ1) is 22.5. The smallest absolute Gasteiger partial charge is 0.399 e. The molecule has 2 aromatic heterocycles. The third-order valence-corrected chi connectivity index (χ3v) is 3.14. The fourth-order valence-electron chi connectivity index (χ4n) is 2.02.